The van der Waals surface area contributed by atoms with Crippen LogP contribution in [0.1, 0.15) is 34.6 Å². The topological polar surface area (TPSA) is 153 Å². The molecule has 0 amide bonds. The van der Waals surface area contributed by atoms with Crippen molar-refractivity contribution >= 4 is 17.4 Å². The molecule has 12 heteroatoms. The molecule has 12 nitrogen and oxygen atoms in total. The Morgan fingerprint density at radius 3 is 2.50 bits per heavy atom. The van der Waals surface area contributed by atoms with E-state index >= 15 is 0 Å². The Morgan fingerprint density at radius 2 is 1.96 bits per heavy atom. The first-order valence-corrected chi connectivity index (χ1v) is 8.74. The van der Waals surface area contributed by atoms with Crippen LogP contribution in [0.3, 0.4) is 0 Å². The Morgan fingerprint density at radius 1 is 1.32 bits per heavy atom. The predicted octanol–water partition coefficient (Wildman–Crippen LogP) is 1.05. The molecule has 0 aliphatic heterocycles. The Kier molecular flexibility index (Phi) is 8.02. The number of imidazole rings is 1. The summed E-state index contributed by atoms with van der Waals surface area (Å²) in [6, 6.07) is 0. The van der Waals surface area contributed by atoms with Crippen molar-refractivity contribution in [3.63, 3.8) is 0 Å². The number of rotatable bonds is 11. The number of hydrazine groups is 1. The van der Waals surface area contributed by atoms with Crippen molar-refractivity contribution in [2.24, 2.45) is 10.3 Å². The van der Waals surface area contributed by atoms with Crippen LogP contribution < -0.4 is 10.7 Å². The molecular weight excluding hydrogens is 368 g/mol. The van der Waals surface area contributed by atoms with Gasteiger partial charge in [-0.3, -0.25) is 0 Å². The van der Waals surface area contributed by atoms with Crippen LogP contribution in [0, 0.1) is 10.1 Å². The van der Waals surface area contributed by atoms with Gasteiger partial charge in [0.2, 0.25) is 0 Å². The minimum Gasteiger partial charge on any atom is -0.411 e. The highest BCUT2D eigenvalue weighted by molar-refractivity contribution is 5.92. The maximum Gasteiger partial charge on any atom is 0.434 e. The second kappa shape index (κ2) is 9.57. The molecular formula is C16H30N8O4. The minimum atomic E-state index is -0.778. The van der Waals surface area contributed by atoms with Crippen LogP contribution in [0.25, 0.3) is 0 Å². The van der Waals surface area contributed by atoms with Gasteiger partial charge in [-0.15, -0.1) is 0 Å². The summed E-state index contributed by atoms with van der Waals surface area (Å²) in [4.78, 5) is 14.1. The number of nitrogens with zero attached hydrogens (tertiary/aromatic N) is 6. The Balaban J connectivity index is 2.69. The predicted molar refractivity (Wildman–Crippen MR) is 105 cm³/mol. The van der Waals surface area contributed by atoms with E-state index in [4.69, 9.17) is 5.21 Å². The van der Waals surface area contributed by atoms with Crippen molar-refractivity contribution < 1.29 is 15.3 Å². The van der Waals surface area contributed by atoms with Gasteiger partial charge in [0.05, 0.1) is 16.8 Å². The lowest BCUT2D eigenvalue weighted by molar-refractivity contribution is -0.396. The fraction of sp³-hybridized carbons (Fsp3) is 0.688. The largest absolute Gasteiger partial charge is 0.434 e. The quantitative estimate of drug-likeness (QED) is 0.187. The van der Waals surface area contributed by atoms with Crippen LogP contribution in [0.15, 0.2) is 22.7 Å². The van der Waals surface area contributed by atoms with Crippen LogP contribution in [0.5, 0.6) is 0 Å². The molecule has 0 atom stereocenters. The van der Waals surface area contributed by atoms with Gasteiger partial charge in [0.1, 0.15) is 24.7 Å². The molecule has 28 heavy (non-hydrogen) atoms. The van der Waals surface area contributed by atoms with E-state index in [9.17, 15) is 15.3 Å². The fourth-order valence-electron chi connectivity index (χ4n) is 2.50. The van der Waals surface area contributed by atoms with Gasteiger partial charge in [-0.25, -0.2) is 15.0 Å². The summed E-state index contributed by atoms with van der Waals surface area (Å²) in [5.41, 5.74) is 2.86. The van der Waals surface area contributed by atoms with E-state index in [0.29, 0.717) is 24.5 Å². The molecule has 0 unspecified atom stereocenters. The van der Waals surface area contributed by atoms with Gasteiger partial charge in [-0.05, 0) is 39.5 Å². The van der Waals surface area contributed by atoms with Crippen molar-refractivity contribution in [1.29, 1.82) is 0 Å². The lowest BCUT2D eigenvalue weighted by Crippen LogP contribution is -2.57. The van der Waals surface area contributed by atoms with Gasteiger partial charge in [-0.1, -0.05) is 15.3 Å². The second-order valence-electron chi connectivity index (χ2n) is 7.55. The molecule has 0 aromatic carbocycles. The Bertz CT molecular complexity index is 726. The third-order valence-electron chi connectivity index (χ3n) is 4.56. The van der Waals surface area contributed by atoms with Gasteiger partial charge < -0.3 is 25.8 Å². The fourth-order valence-corrected chi connectivity index (χ4v) is 2.50. The summed E-state index contributed by atoms with van der Waals surface area (Å²) >= 11 is 0. The number of aromatic nitrogens is 2. The highest BCUT2D eigenvalue weighted by Gasteiger charge is 2.30. The van der Waals surface area contributed by atoms with E-state index in [2.05, 4.69) is 26.0 Å². The first kappa shape index (κ1) is 23.5. The summed E-state index contributed by atoms with van der Waals surface area (Å²) in [5, 5.41) is 41.1. The number of likely N-dealkylation sites (N-methyl/N-ethyl adjacent to an activating group) is 1. The normalized spacial score (nSPS) is 14.0. The zero-order valence-electron chi connectivity index (χ0n) is 17.2. The van der Waals surface area contributed by atoms with E-state index in [1.165, 1.54) is 17.0 Å². The lowest BCUT2D eigenvalue weighted by Gasteiger charge is -2.33. The van der Waals surface area contributed by atoms with E-state index in [0.717, 1.165) is 0 Å². The van der Waals surface area contributed by atoms with E-state index in [1.54, 1.807) is 20.8 Å². The van der Waals surface area contributed by atoms with Crippen LogP contribution in [-0.4, -0.2) is 72.5 Å². The Labute approximate surface area is 164 Å². The van der Waals surface area contributed by atoms with Gasteiger partial charge in [0.25, 0.3) is 0 Å². The molecule has 1 rings (SSSR count). The summed E-state index contributed by atoms with van der Waals surface area (Å²) < 4.78 is 1.31. The molecule has 158 valence electrons. The van der Waals surface area contributed by atoms with Crippen LogP contribution >= 0.6 is 0 Å². The molecule has 0 saturated heterocycles. The zero-order chi connectivity index (χ0) is 21.5. The van der Waals surface area contributed by atoms with Gasteiger partial charge in [0, 0.05) is 20.1 Å². The van der Waals surface area contributed by atoms with E-state index < -0.39 is 16.0 Å². The molecule has 1 heterocycles. The van der Waals surface area contributed by atoms with Crippen LogP contribution in [0.2, 0.25) is 0 Å². The third kappa shape index (κ3) is 6.25. The standard InChI is InChI=1S/C16H30N8O4/c1-12(19-25)15(2,3)18-8-9-22(6)21-16(4,5)13(20-26)11-23-10-7-17-14(23)24(27)28/h7,10,18,21,25-26H,8-9,11H2,1-6H3. The highest BCUT2D eigenvalue weighted by atomic mass is 16.6. The van der Waals surface area contributed by atoms with Crippen LogP contribution in [0.4, 0.5) is 5.95 Å². The Hall–Kier alpha value is -2.57. The van der Waals surface area contributed by atoms with Crippen molar-refractivity contribution in [1.82, 2.24) is 25.3 Å². The first-order valence-electron chi connectivity index (χ1n) is 8.74. The molecule has 0 aliphatic carbocycles. The molecule has 0 fully saturated rings. The summed E-state index contributed by atoms with van der Waals surface area (Å²) in [5.74, 6) is -0.322. The molecule has 0 radical (unpaired) electrons. The number of nitro groups is 1. The first-order chi connectivity index (χ1) is 12.9. The maximum absolute atomic E-state index is 11.0. The van der Waals surface area contributed by atoms with Crippen LogP contribution in [-0.2, 0) is 6.54 Å². The van der Waals surface area contributed by atoms with Gasteiger partial charge in [0.15, 0.2) is 0 Å². The van der Waals surface area contributed by atoms with Crippen molar-refractivity contribution in [3.8, 4) is 0 Å². The summed E-state index contributed by atoms with van der Waals surface area (Å²) in [6.07, 6.45) is 2.78. The number of nitrogens with one attached hydrogen (secondary N) is 2. The molecule has 1 aromatic heterocycles. The SMILES string of the molecule is CC(=NO)C(C)(C)NCCN(C)NC(C)(C)C(Cn1ccnc1[N+](=O)[O-])=NO. The van der Waals surface area contributed by atoms with E-state index in [1.807, 2.05) is 25.9 Å². The smallest absolute Gasteiger partial charge is 0.411 e. The molecule has 0 spiro atoms. The molecule has 0 aliphatic rings. The highest BCUT2D eigenvalue weighted by Crippen LogP contribution is 2.13. The monoisotopic (exact) mass is 398 g/mol. The zero-order valence-corrected chi connectivity index (χ0v) is 17.2. The lowest BCUT2D eigenvalue weighted by atomic mass is 9.99. The van der Waals surface area contributed by atoms with E-state index in [-0.39, 0.29) is 12.5 Å². The third-order valence-corrected chi connectivity index (χ3v) is 4.56. The molecule has 0 bridgehead atoms. The average Bonchev–Trinajstić information content (AvgIpc) is 3.06. The maximum atomic E-state index is 11.0. The van der Waals surface area contributed by atoms with Gasteiger partial charge >= 0.3 is 5.95 Å². The number of oxime groups is 2. The summed E-state index contributed by atoms with van der Waals surface area (Å²) in [6.45, 7) is 10.4. The van der Waals surface area contributed by atoms with Gasteiger partial charge in [-0.2, -0.15) is 0 Å². The molecule has 0 saturated carbocycles. The molecule has 4 N–H and O–H groups in total. The average molecular weight is 398 g/mol. The minimum absolute atomic E-state index is 0.0120. The van der Waals surface area contributed by atoms with Crippen molar-refractivity contribution in [2.45, 2.75) is 52.2 Å². The van der Waals surface area contributed by atoms with Crippen molar-refractivity contribution in [3.05, 3.63) is 22.5 Å². The number of hydrogen-bond donors (Lipinski definition) is 4. The summed E-state index contributed by atoms with van der Waals surface area (Å²) in [7, 11) is 1.83. The van der Waals surface area contributed by atoms with Crippen molar-refractivity contribution in [2.75, 3.05) is 20.1 Å². The molecule has 1 aromatic rings. The number of hydrogen-bond acceptors (Lipinski definition) is 10. The second-order valence-corrected chi connectivity index (χ2v) is 7.55.